The Bertz CT molecular complexity index is 479. The van der Waals surface area contributed by atoms with Gasteiger partial charge < -0.3 is 15.4 Å². The number of hydrogen-bond donors (Lipinski definition) is 2. The Morgan fingerprint density at radius 2 is 1.73 bits per heavy atom. The molecule has 6 nitrogen and oxygen atoms in total. The monoisotopic (exact) mass is 365 g/mol. The van der Waals surface area contributed by atoms with Crippen LogP contribution in [0.2, 0.25) is 0 Å². The molecule has 2 saturated carbocycles. The van der Waals surface area contributed by atoms with Crippen LogP contribution in [0.3, 0.4) is 0 Å². The first-order valence-corrected chi connectivity index (χ1v) is 10.5. The maximum atomic E-state index is 13.0. The van der Waals surface area contributed by atoms with E-state index in [0.717, 1.165) is 64.8 Å². The summed E-state index contributed by atoms with van der Waals surface area (Å²) in [5.74, 6) is 0.174. The van der Waals surface area contributed by atoms with E-state index >= 15 is 0 Å². The van der Waals surface area contributed by atoms with Crippen LogP contribution in [0.1, 0.15) is 64.7 Å². The first-order chi connectivity index (χ1) is 12.6. The van der Waals surface area contributed by atoms with Crippen molar-refractivity contribution < 1.29 is 14.3 Å². The molecular formula is C20H35N3O3. The Morgan fingerprint density at radius 3 is 2.35 bits per heavy atom. The van der Waals surface area contributed by atoms with Crippen molar-refractivity contribution in [1.29, 1.82) is 0 Å². The van der Waals surface area contributed by atoms with Crippen molar-refractivity contribution in [1.82, 2.24) is 15.5 Å². The van der Waals surface area contributed by atoms with Crippen LogP contribution >= 0.6 is 0 Å². The smallest absolute Gasteiger partial charge is 0.242 e. The summed E-state index contributed by atoms with van der Waals surface area (Å²) in [5.41, 5.74) is 0.0636. The standard InChI is InChI=1S/C20H35N3O3/c1-16(24)22-18(17-7-3-4-8-17)19(25)21-15-20(9-5-2-6-10-20)23-11-13-26-14-12-23/h17-18H,2-15H2,1H3,(H,21,25)(H,22,24). The third-order valence-corrected chi connectivity index (χ3v) is 6.57. The SMILES string of the molecule is CC(=O)NC(C(=O)NCC1(N2CCOCC2)CCCCC1)C1CCCC1. The second-order valence-corrected chi connectivity index (χ2v) is 8.32. The maximum Gasteiger partial charge on any atom is 0.242 e. The van der Waals surface area contributed by atoms with Crippen molar-refractivity contribution in [3.05, 3.63) is 0 Å². The minimum absolute atomic E-state index is 0.00491. The molecular weight excluding hydrogens is 330 g/mol. The van der Waals surface area contributed by atoms with E-state index in [-0.39, 0.29) is 29.3 Å². The molecule has 1 heterocycles. The topological polar surface area (TPSA) is 70.7 Å². The van der Waals surface area contributed by atoms with Gasteiger partial charge in [0.15, 0.2) is 0 Å². The number of rotatable bonds is 6. The van der Waals surface area contributed by atoms with Crippen LogP contribution in [0.15, 0.2) is 0 Å². The number of morpholine rings is 1. The van der Waals surface area contributed by atoms with Crippen molar-refractivity contribution >= 4 is 11.8 Å². The summed E-state index contributed by atoms with van der Waals surface area (Å²) in [6.45, 7) is 5.67. The predicted octanol–water partition coefficient (Wildman–Crippen LogP) is 1.83. The average molecular weight is 366 g/mol. The second kappa shape index (κ2) is 9.18. The van der Waals surface area contributed by atoms with Crippen molar-refractivity contribution in [2.45, 2.75) is 76.3 Å². The lowest BCUT2D eigenvalue weighted by Crippen LogP contribution is -2.61. The Kier molecular flexibility index (Phi) is 6.92. The van der Waals surface area contributed by atoms with Gasteiger partial charge in [-0.2, -0.15) is 0 Å². The van der Waals surface area contributed by atoms with E-state index in [1.165, 1.54) is 26.2 Å². The summed E-state index contributed by atoms with van der Waals surface area (Å²) in [6, 6.07) is -0.375. The molecule has 1 aliphatic heterocycles. The minimum atomic E-state index is -0.375. The Balaban J connectivity index is 1.64. The van der Waals surface area contributed by atoms with Gasteiger partial charge in [-0.1, -0.05) is 32.1 Å². The fourth-order valence-electron chi connectivity index (χ4n) is 5.12. The van der Waals surface area contributed by atoms with E-state index in [1.54, 1.807) is 0 Å². The van der Waals surface area contributed by atoms with E-state index in [4.69, 9.17) is 4.74 Å². The molecule has 148 valence electrons. The maximum absolute atomic E-state index is 13.0. The van der Waals surface area contributed by atoms with Gasteiger partial charge in [-0.05, 0) is 31.6 Å². The van der Waals surface area contributed by atoms with Crippen molar-refractivity contribution in [2.24, 2.45) is 5.92 Å². The molecule has 0 aromatic heterocycles. The molecule has 3 fully saturated rings. The summed E-state index contributed by atoms with van der Waals surface area (Å²) in [4.78, 5) is 27.1. The predicted molar refractivity (Wildman–Crippen MR) is 101 cm³/mol. The Morgan fingerprint density at radius 1 is 1.08 bits per heavy atom. The third kappa shape index (κ3) is 4.77. The fourth-order valence-corrected chi connectivity index (χ4v) is 5.12. The molecule has 3 rings (SSSR count). The molecule has 2 amide bonds. The number of nitrogens with one attached hydrogen (secondary N) is 2. The number of amides is 2. The molecule has 0 radical (unpaired) electrons. The van der Waals surface area contributed by atoms with Gasteiger partial charge in [-0.3, -0.25) is 14.5 Å². The molecule has 3 aliphatic rings. The minimum Gasteiger partial charge on any atom is -0.379 e. The van der Waals surface area contributed by atoms with E-state index in [9.17, 15) is 9.59 Å². The molecule has 0 aromatic rings. The molecule has 2 aliphatic carbocycles. The molecule has 1 atom stereocenters. The van der Waals surface area contributed by atoms with E-state index < -0.39 is 0 Å². The Hall–Kier alpha value is -1.14. The van der Waals surface area contributed by atoms with Crippen LogP contribution in [0.25, 0.3) is 0 Å². The summed E-state index contributed by atoms with van der Waals surface area (Å²) >= 11 is 0. The number of ether oxygens (including phenoxy) is 1. The summed E-state index contributed by atoms with van der Waals surface area (Å²) in [7, 11) is 0. The highest BCUT2D eigenvalue weighted by atomic mass is 16.5. The third-order valence-electron chi connectivity index (χ3n) is 6.57. The van der Waals surface area contributed by atoms with Gasteiger partial charge in [0.1, 0.15) is 6.04 Å². The van der Waals surface area contributed by atoms with Gasteiger partial charge in [-0.25, -0.2) is 0 Å². The molecule has 1 unspecified atom stereocenters. The molecule has 6 heteroatoms. The van der Waals surface area contributed by atoms with Crippen molar-refractivity contribution in [3.8, 4) is 0 Å². The van der Waals surface area contributed by atoms with E-state index in [1.807, 2.05) is 0 Å². The molecule has 2 N–H and O–H groups in total. The van der Waals surface area contributed by atoms with Crippen molar-refractivity contribution in [3.63, 3.8) is 0 Å². The highest BCUT2D eigenvalue weighted by Crippen LogP contribution is 2.34. The van der Waals surface area contributed by atoms with Crippen LogP contribution in [0.4, 0.5) is 0 Å². The van der Waals surface area contributed by atoms with Crippen LogP contribution in [-0.4, -0.2) is 61.1 Å². The van der Waals surface area contributed by atoms with Crippen molar-refractivity contribution in [2.75, 3.05) is 32.8 Å². The fraction of sp³-hybridized carbons (Fsp3) is 0.900. The zero-order chi connectivity index (χ0) is 18.4. The van der Waals surface area contributed by atoms with Gasteiger partial charge in [0.25, 0.3) is 0 Å². The highest BCUT2D eigenvalue weighted by molar-refractivity contribution is 5.87. The highest BCUT2D eigenvalue weighted by Gasteiger charge is 2.40. The lowest BCUT2D eigenvalue weighted by atomic mass is 9.79. The van der Waals surface area contributed by atoms with Gasteiger partial charge >= 0.3 is 0 Å². The number of hydrogen-bond acceptors (Lipinski definition) is 4. The van der Waals surface area contributed by atoms with Crippen LogP contribution in [0.5, 0.6) is 0 Å². The van der Waals surface area contributed by atoms with Gasteiger partial charge in [0.05, 0.1) is 13.2 Å². The van der Waals surface area contributed by atoms with E-state index in [2.05, 4.69) is 15.5 Å². The average Bonchev–Trinajstić information content (AvgIpc) is 3.20. The summed E-state index contributed by atoms with van der Waals surface area (Å²) in [5, 5.41) is 6.15. The first kappa shape index (κ1) is 19.6. The Labute approximate surface area is 157 Å². The molecule has 26 heavy (non-hydrogen) atoms. The molecule has 1 saturated heterocycles. The normalized spacial score (nSPS) is 25.6. The number of carbonyl (C=O) groups is 2. The zero-order valence-corrected chi connectivity index (χ0v) is 16.2. The zero-order valence-electron chi connectivity index (χ0n) is 16.2. The quantitative estimate of drug-likeness (QED) is 0.753. The van der Waals surface area contributed by atoms with Crippen LogP contribution in [0, 0.1) is 5.92 Å². The molecule has 0 aromatic carbocycles. The summed E-state index contributed by atoms with van der Waals surface area (Å²) < 4.78 is 5.53. The number of nitrogens with zero attached hydrogens (tertiary/aromatic N) is 1. The lowest BCUT2D eigenvalue weighted by Gasteiger charge is -2.48. The van der Waals surface area contributed by atoms with Gasteiger partial charge in [0, 0.05) is 32.1 Å². The van der Waals surface area contributed by atoms with Crippen LogP contribution < -0.4 is 10.6 Å². The second-order valence-electron chi connectivity index (χ2n) is 8.32. The molecule has 0 spiro atoms. The largest absolute Gasteiger partial charge is 0.379 e. The molecule has 0 bridgehead atoms. The van der Waals surface area contributed by atoms with Gasteiger partial charge in [0.2, 0.25) is 11.8 Å². The summed E-state index contributed by atoms with van der Waals surface area (Å²) in [6.07, 6.45) is 10.4. The lowest BCUT2D eigenvalue weighted by molar-refractivity contribution is -0.130. The first-order valence-electron chi connectivity index (χ1n) is 10.5. The number of carbonyl (C=O) groups excluding carboxylic acids is 2. The van der Waals surface area contributed by atoms with Crippen LogP contribution in [-0.2, 0) is 14.3 Å². The van der Waals surface area contributed by atoms with Gasteiger partial charge in [-0.15, -0.1) is 0 Å². The van der Waals surface area contributed by atoms with E-state index in [0.29, 0.717) is 6.54 Å².